The van der Waals surface area contributed by atoms with Crippen molar-refractivity contribution in [2.24, 2.45) is 0 Å². The van der Waals surface area contributed by atoms with Crippen molar-refractivity contribution in [1.29, 1.82) is 0 Å². The Balaban J connectivity index is 1.46. The summed E-state index contributed by atoms with van der Waals surface area (Å²) < 4.78 is 10.7. The molecule has 28 heavy (non-hydrogen) atoms. The van der Waals surface area contributed by atoms with Crippen molar-refractivity contribution in [2.75, 3.05) is 26.8 Å². The van der Waals surface area contributed by atoms with Crippen LogP contribution in [0.25, 0.3) is 0 Å². The number of rotatable bonds is 8. The maximum atomic E-state index is 12.5. The van der Waals surface area contributed by atoms with Gasteiger partial charge in [-0.3, -0.25) is 9.59 Å². The number of hydrogen-bond donors (Lipinski definition) is 1. The normalized spacial score (nSPS) is 16.1. The molecule has 1 fully saturated rings. The molecule has 1 aromatic carbocycles. The molecule has 1 atom stereocenters. The summed E-state index contributed by atoms with van der Waals surface area (Å²) >= 11 is 1.60. The summed E-state index contributed by atoms with van der Waals surface area (Å²) in [7, 11) is 1.59. The molecule has 150 valence electrons. The second-order valence-electron chi connectivity index (χ2n) is 6.61. The van der Waals surface area contributed by atoms with Gasteiger partial charge in [0.25, 0.3) is 5.91 Å². The number of aryl methyl sites for hydroxylation is 1. The number of thiazole rings is 1. The molecule has 0 spiro atoms. The zero-order valence-electron chi connectivity index (χ0n) is 16.1. The molecule has 0 radical (unpaired) electrons. The van der Waals surface area contributed by atoms with E-state index in [0.717, 1.165) is 22.9 Å². The second kappa shape index (κ2) is 9.54. The number of aromatic nitrogens is 1. The van der Waals surface area contributed by atoms with Gasteiger partial charge in [0.1, 0.15) is 17.5 Å². The monoisotopic (exact) mass is 403 g/mol. The van der Waals surface area contributed by atoms with Crippen LogP contribution in [0.5, 0.6) is 11.5 Å². The largest absolute Gasteiger partial charge is 0.497 e. The number of hydrogen-bond acceptors (Lipinski definition) is 6. The molecule has 1 aliphatic rings. The van der Waals surface area contributed by atoms with Crippen molar-refractivity contribution in [3.63, 3.8) is 0 Å². The molecule has 0 aliphatic carbocycles. The Kier molecular flexibility index (Phi) is 6.86. The highest BCUT2D eigenvalue weighted by Gasteiger charge is 2.33. The molecule has 0 unspecified atom stereocenters. The highest BCUT2D eigenvalue weighted by Crippen LogP contribution is 2.20. The summed E-state index contributed by atoms with van der Waals surface area (Å²) in [5, 5.41) is 5.95. The molecular weight excluding hydrogens is 378 g/mol. The molecule has 1 aromatic heterocycles. The van der Waals surface area contributed by atoms with Gasteiger partial charge in [-0.15, -0.1) is 11.3 Å². The lowest BCUT2D eigenvalue weighted by molar-refractivity contribution is -0.139. The molecule has 2 aromatic rings. The standard InChI is InChI=1S/C20H25N3O4S/c1-14-22-15(13-28-14)9-10-21-20(25)18-4-3-11-23(18)19(24)12-27-17-7-5-16(26-2)6-8-17/h5-8,13,18H,3-4,9-12H2,1-2H3,(H,21,25)/t18-/m1/s1. The summed E-state index contributed by atoms with van der Waals surface area (Å²) in [6.07, 6.45) is 2.19. The van der Waals surface area contributed by atoms with E-state index in [2.05, 4.69) is 10.3 Å². The van der Waals surface area contributed by atoms with Crippen LogP contribution in [-0.2, 0) is 16.0 Å². The van der Waals surface area contributed by atoms with Gasteiger partial charge in [0.15, 0.2) is 6.61 Å². The van der Waals surface area contributed by atoms with Crippen LogP contribution < -0.4 is 14.8 Å². The Morgan fingerprint density at radius 3 is 2.71 bits per heavy atom. The molecule has 1 aliphatic heterocycles. The van der Waals surface area contributed by atoms with Gasteiger partial charge >= 0.3 is 0 Å². The lowest BCUT2D eigenvalue weighted by atomic mass is 10.2. The minimum Gasteiger partial charge on any atom is -0.497 e. The third-order valence-electron chi connectivity index (χ3n) is 4.64. The fourth-order valence-electron chi connectivity index (χ4n) is 3.19. The van der Waals surface area contributed by atoms with E-state index in [1.54, 1.807) is 47.6 Å². The maximum absolute atomic E-state index is 12.5. The van der Waals surface area contributed by atoms with E-state index in [4.69, 9.17) is 9.47 Å². The van der Waals surface area contributed by atoms with E-state index in [1.165, 1.54) is 0 Å². The first-order valence-electron chi connectivity index (χ1n) is 9.32. The molecule has 0 saturated carbocycles. The average Bonchev–Trinajstić information content (AvgIpc) is 3.35. The zero-order valence-corrected chi connectivity index (χ0v) is 17.0. The van der Waals surface area contributed by atoms with Crippen LogP contribution in [-0.4, -0.2) is 54.5 Å². The van der Waals surface area contributed by atoms with Crippen molar-refractivity contribution < 1.29 is 19.1 Å². The molecule has 1 saturated heterocycles. The van der Waals surface area contributed by atoms with Gasteiger partial charge in [0.05, 0.1) is 17.8 Å². The minimum absolute atomic E-state index is 0.0891. The van der Waals surface area contributed by atoms with Gasteiger partial charge in [-0.2, -0.15) is 0 Å². The molecule has 2 amide bonds. The van der Waals surface area contributed by atoms with E-state index >= 15 is 0 Å². The predicted octanol–water partition coefficient (Wildman–Crippen LogP) is 2.19. The van der Waals surface area contributed by atoms with Crippen LogP contribution >= 0.6 is 11.3 Å². The molecule has 2 heterocycles. The number of likely N-dealkylation sites (tertiary alicyclic amines) is 1. The Labute approximate surface area is 168 Å². The fourth-order valence-corrected chi connectivity index (χ4v) is 3.84. The van der Waals surface area contributed by atoms with E-state index in [9.17, 15) is 9.59 Å². The summed E-state index contributed by atoms with van der Waals surface area (Å²) in [6, 6.07) is 6.62. The van der Waals surface area contributed by atoms with Gasteiger partial charge in [-0.05, 0) is 44.0 Å². The first kappa shape index (κ1) is 20.1. The smallest absolute Gasteiger partial charge is 0.261 e. The van der Waals surface area contributed by atoms with Gasteiger partial charge < -0.3 is 19.7 Å². The number of nitrogens with zero attached hydrogens (tertiary/aromatic N) is 2. The Bertz CT molecular complexity index is 806. The number of amides is 2. The van der Waals surface area contributed by atoms with Gasteiger partial charge in [0, 0.05) is 24.9 Å². The average molecular weight is 404 g/mol. The first-order valence-corrected chi connectivity index (χ1v) is 10.2. The highest BCUT2D eigenvalue weighted by molar-refractivity contribution is 7.09. The zero-order chi connectivity index (χ0) is 19.9. The first-order chi connectivity index (χ1) is 13.6. The topological polar surface area (TPSA) is 80.8 Å². The Morgan fingerprint density at radius 1 is 1.29 bits per heavy atom. The maximum Gasteiger partial charge on any atom is 0.261 e. The molecule has 7 nitrogen and oxygen atoms in total. The Hall–Kier alpha value is -2.61. The van der Waals surface area contributed by atoms with Crippen molar-refractivity contribution in [3.05, 3.63) is 40.3 Å². The number of ether oxygens (including phenoxy) is 2. The number of nitrogens with one attached hydrogen (secondary N) is 1. The van der Waals surface area contributed by atoms with Crippen molar-refractivity contribution in [3.8, 4) is 11.5 Å². The second-order valence-corrected chi connectivity index (χ2v) is 7.67. The molecule has 0 bridgehead atoms. The Morgan fingerprint density at radius 2 is 2.04 bits per heavy atom. The molecule has 1 N–H and O–H groups in total. The van der Waals surface area contributed by atoms with Gasteiger partial charge in [-0.25, -0.2) is 4.98 Å². The summed E-state index contributed by atoms with van der Waals surface area (Å²) in [6.45, 7) is 2.97. The van der Waals surface area contributed by atoms with E-state index in [0.29, 0.717) is 31.7 Å². The summed E-state index contributed by atoms with van der Waals surface area (Å²) in [5.41, 5.74) is 0.982. The van der Waals surface area contributed by atoms with Crippen LogP contribution in [0, 0.1) is 6.92 Å². The van der Waals surface area contributed by atoms with E-state index in [1.807, 2.05) is 12.3 Å². The van der Waals surface area contributed by atoms with Crippen LogP contribution in [0.1, 0.15) is 23.5 Å². The summed E-state index contributed by atoms with van der Waals surface area (Å²) in [5.74, 6) is 1.03. The number of carbonyl (C=O) groups is 2. The molecule has 8 heteroatoms. The van der Waals surface area contributed by atoms with Crippen LogP contribution in [0.2, 0.25) is 0 Å². The molecular formula is C20H25N3O4S. The van der Waals surface area contributed by atoms with E-state index < -0.39 is 6.04 Å². The lowest BCUT2D eigenvalue weighted by Crippen LogP contribution is -2.47. The van der Waals surface area contributed by atoms with Crippen molar-refractivity contribution in [2.45, 2.75) is 32.2 Å². The van der Waals surface area contributed by atoms with Crippen molar-refractivity contribution in [1.82, 2.24) is 15.2 Å². The van der Waals surface area contributed by atoms with Gasteiger partial charge in [0.2, 0.25) is 5.91 Å². The van der Waals surface area contributed by atoms with Crippen LogP contribution in [0.4, 0.5) is 0 Å². The van der Waals surface area contributed by atoms with Crippen molar-refractivity contribution >= 4 is 23.2 Å². The van der Waals surface area contributed by atoms with E-state index in [-0.39, 0.29) is 18.4 Å². The SMILES string of the molecule is COc1ccc(OCC(=O)N2CCC[C@@H]2C(=O)NCCc2csc(C)n2)cc1. The number of carbonyl (C=O) groups excluding carboxylic acids is 2. The predicted molar refractivity (Wildman–Crippen MR) is 107 cm³/mol. The number of benzene rings is 1. The third kappa shape index (κ3) is 5.22. The fraction of sp³-hybridized carbons (Fsp3) is 0.450. The quantitative estimate of drug-likeness (QED) is 0.731. The van der Waals surface area contributed by atoms with Crippen LogP contribution in [0.15, 0.2) is 29.6 Å². The lowest BCUT2D eigenvalue weighted by Gasteiger charge is -2.24. The van der Waals surface area contributed by atoms with Crippen LogP contribution in [0.3, 0.4) is 0 Å². The third-order valence-corrected chi connectivity index (χ3v) is 5.47. The summed E-state index contributed by atoms with van der Waals surface area (Å²) in [4.78, 5) is 31.1. The number of methoxy groups -OCH3 is 1. The minimum atomic E-state index is -0.427. The molecule has 3 rings (SSSR count). The van der Waals surface area contributed by atoms with Gasteiger partial charge in [-0.1, -0.05) is 0 Å². The highest BCUT2D eigenvalue weighted by atomic mass is 32.1.